The molecule has 1 aliphatic heterocycles. The number of amides is 1. The molecule has 1 saturated heterocycles. The van der Waals surface area contributed by atoms with Crippen molar-refractivity contribution < 1.29 is 18.0 Å². The molecule has 1 aromatic carbocycles. The second kappa shape index (κ2) is 8.90. The lowest BCUT2D eigenvalue weighted by molar-refractivity contribution is -0.137. The predicted octanol–water partition coefficient (Wildman–Crippen LogP) is 4.92. The Bertz CT molecular complexity index is 1240. The highest BCUT2D eigenvalue weighted by Gasteiger charge is 2.31. The van der Waals surface area contributed by atoms with Crippen LogP contribution in [0.4, 0.5) is 24.5 Å². The Morgan fingerprint density at radius 2 is 1.94 bits per heavy atom. The van der Waals surface area contributed by atoms with Crippen molar-refractivity contribution in [3.8, 4) is 6.07 Å². The number of halogens is 3. The zero-order valence-corrected chi connectivity index (χ0v) is 17.7. The van der Waals surface area contributed by atoms with Gasteiger partial charge in [0, 0.05) is 37.0 Å². The maximum absolute atomic E-state index is 12.9. The normalized spacial score (nSPS) is 15.8. The minimum Gasteiger partial charge on any atom is -0.370 e. The van der Waals surface area contributed by atoms with Crippen LogP contribution < -0.4 is 10.2 Å². The van der Waals surface area contributed by atoms with Gasteiger partial charge in [-0.1, -0.05) is 6.07 Å². The number of aryl methyl sites for hydroxylation is 1. The van der Waals surface area contributed by atoms with Crippen LogP contribution in [0.3, 0.4) is 0 Å². The molecule has 0 unspecified atom stereocenters. The maximum atomic E-state index is 12.9. The number of anilines is 2. The molecular formula is C24H20F3N5O. The fraction of sp³-hybridized carbons (Fsp3) is 0.250. The highest BCUT2D eigenvalue weighted by atomic mass is 19.4. The topological polar surface area (TPSA) is 81.9 Å². The van der Waals surface area contributed by atoms with Crippen LogP contribution in [-0.2, 0) is 6.18 Å². The average molecular weight is 451 g/mol. The number of nitrogens with one attached hydrogen (secondary N) is 1. The summed E-state index contributed by atoms with van der Waals surface area (Å²) in [5.41, 5.74) is 2.83. The summed E-state index contributed by atoms with van der Waals surface area (Å²) in [6.07, 6.45) is 1.46. The number of benzene rings is 1. The van der Waals surface area contributed by atoms with Crippen molar-refractivity contribution in [3.05, 3.63) is 82.9 Å². The third-order valence-electron chi connectivity index (χ3n) is 5.71. The summed E-state index contributed by atoms with van der Waals surface area (Å²) in [5, 5.41) is 11.6. The summed E-state index contributed by atoms with van der Waals surface area (Å²) in [6, 6.07) is 10.0. The van der Waals surface area contributed by atoms with Gasteiger partial charge in [-0.15, -0.1) is 0 Å². The smallest absolute Gasteiger partial charge is 0.370 e. The first-order chi connectivity index (χ1) is 15.7. The largest absolute Gasteiger partial charge is 0.417 e. The molecule has 0 spiro atoms. The molecule has 9 heteroatoms. The van der Waals surface area contributed by atoms with E-state index in [0.29, 0.717) is 23.9 Å². The molecule has 1 atom stereocenters. The van der Waals surface area contributed by atoms with Crippen LogP contribution in [0.1, 0.15) is 45.0 Å². The van der Waals surface area contributed by atoms with Gasteiger partial charge < -0.3 is 10.2 Å². The van der Waals surface area contributed by atoms with Gasteiger partial charge in [0.2, 0.25) is 0 Å². The molecule has 6 nitrogen and oxygen atoms in total. The van der Waals surface area contributed by atoms with Crippen molar-refractivity contribution >= 4 is 17.3 Å². The van der Waals surface area contributed by atoms with E-state index in [-0.39, 0.29) is 11.6 Å². The Labute approximate surface area is 188 Å². The number of nitrogens with zero attached hydrogens (tertiary/aromatic N) is 4. The SMILES string of the molecule is Cc1ccc(C(=O)Nc2cncc(C(F)(F)F)c2)cc1[C@@H]1CCN(c2cncc(C#N)c2)C1. The summed E-state index contributed by atoms with van der Waals surface area (Å²) in [4.78, 5) is 22.6. The first-order valence-corrected chi connectivity index (χ1v) is 10.3. The van der Waals surface area contributed by atoms with Crippen molar-refractivity contribution in [2.24, 2.45) is 0 Å². The molecule has 1 N–H and O–H groups in total. The fourth-order valence-electron chi connectivity index (χ4n) is 4.00. The summed E-state index contributed by atoms with van der Waals surface area (Å²) in [7, 11) is 0. The molecule has 1 amide bonds. The minimum atomic E-state index is -4.54. The number of carbonyl (C=O) groups excluding carboxylic acids is 1. The molecule has 1 aliphatic rings. The zero-order chi connectivity index (χ0) is 23.6. The van der Waals surface area contributed by atoms with E-state index in [4.69, 9.17) is 5.26 Å². The van der Waals surface area contributed by atoms with Gasteiger partial charge in [-0.05, 0) is 48.7 Å². The summed E-state index contributed by atoms with van der Waals surface area (Å²) >= 11 is 0. The summed E-state index contributed by atoms with van der Waals surface area (Å²) in [6.45, 7) is 3.46. The molecule has 2 aromatic heterocycles. The van der Waals surface area contributed by atoms with Gasteiger partial charge in [0.25, 0.3) is 5.91 Å². The van der Waals surface area contributed by atoms with Crippen molar-refractivity contribution in [1.82, 2.24) is 9.97 Å². The second-order valence-corrected chi connectivity index (χ2v) is 7.96. The highest BCUT2D eigenvalue weighted by Crippen LogP contribution is 2.33. The van der Waals surface area contributed by atoms with E-state index in [1.807, 2.05) is 13.0 Å². The third-order valence-corrected chi connectivity index (χ3v) is 5.71. The number of carbonyl (C=O) groups is 1. The molecule has 33 heavy (non-hydrogen) atoms. The first kappa shape index (κ1) is 22.3. The van der Waals surface area contributed by atoms with Crippen LogP contribution in [0, 0.1) is 18.3 Å². The zero-order valence-electron chi connectivity index (χ0n) is 17.7. The number of alkyl halides is 3. The van der Waals surface area contributed by atoms with Gasteiger partial charge in [-0.2, -0.15) is 18.4 Å². The Balaban J connectivity index is 1.51. The van der Waals surface area contributed by atoms with Gasteiger partial charge >= 0.3 is 6.18 Å². The monoisotopic (exact) mass is 451 g/mol. The highest BCUT2D eigenvalue weighted by molar-refractivity contribution is 6.04. The molecular weight excluding hydrogens is 431 g/mol. The van der Waals surface area contributed by atoms with E-state index in [1.165, 1.54) is 12.4 Å². The number of aromatic nitrogens is 2. The standard InChI is InChI=1S/C24H20F3N5O/c1-15-2-3-17(23(33)31-20-8-19(11-30-12-20)24(25,26)27)7-22(15)18-4-5-32(14-18)21-6-16(9-28)10-29-13-21/h2-3,6-8,10-13,18H,4-5,14H2,1H3,(H,31,33)/t18-/m1/s1. The van der Waals surface area contributed by atoms with Crippen molar-refractivity contribution in [1.29, 1.82) is 5.26 Å². The van der Waals surface area contributed by atoms with Crippen LogP contribution >= 0.6 is 0 Å². The van der Waals surface area contributed by atoms with Crippen molar-refractivity contribution in [2.75, 3.05) is 23.3 Å². The first-order valence-electron chi connectivity index (χ1n) is 10.3. The summed E-state index contributed by atoms with van der Waals surface area (Å²) < 4.78 is 38.8. The lowest BCUT2D eigenvalue weighted by Crippen LogP contribution is -2.20. The van der Waals surface area contributed by atoms with Crippen LogP contribution in [0.5, 0.6) is 0 Å². The molecule has 0 saturated carbocycles. The van der Waals surface area contributed by atoms with Crippen molar-refractivity contribution in [3.63, 3.8) is 0 Å². The molecule has 0 aliphatic carbocycles. The third kappa shape index (κ3) is 4.95. The van der Waals surface area contributed by atoms with Crippen LogP contribution in [0.2, 0.25) is 0 Å². The molecule has 3 heterocycles. The molecule has 168 valence electrons. The van der Waals surface area contributed by atoms with E-state index < -0.39 is 17.6 Å². The van der Waals surface area contributed by atoms with E-state index in [9.17, 15) is 18.0 Å². The number of rotatable bonds is 4. The molecule has 4 rings (SSSR count). The Hall–Kier alpha value is -3.93. The van der Waals surface area contributed by atoms with Gasteiger partial charge in [0.1, 0.15) is 6.07 Å². The number of pyridine rings is 2. The molecule has 0 radical (unpaired) electrons. The van der Waals surface area contributed by atoms with Crippen molar-refractivity contribution in [2.45, 2.75) is 25.4 Å². The van der Waals surface area contributed by atoms with Crippen LogP contribution in [0.25, 0.3) is 0 Å². The van der Waals surface area contributed by atoms with Gasteiger partial charge in [-0.3, -0.25) is 14.8 Å². The quantitative estimate of drug-likeness (QED) is 0.609. The molecule has 0 bridgehead atoms. The van der Waals surface area contributed by atoms with Gasteiger partial charge in [0.05, 0.1) is 34.9 Å². The predicted molar refractivity (Wildman–Crippen MR) is 117 cm³/mol. The lowest BCUT2D eigenvalue weighted by atomic mass is 9.92. The fourth-order valence-corrected chi connectivity index (χ4v) is 4.00. The van der Waals surface area contributed by atoms with Gasteiger partial charge in [-0.25, -0.2) is 0 Å². The van der Waals surface area contributed by atoms with E-state index in [2.05, 4.69) is 26.3 Å². The second-order valence-electron chi connectivity index (χ2n) is 7.96. The van der Waals surface area contributed by atoms with E-state index in [0.717, 1.165) is 35.8 Å². The van der Waals surface area contributed by atoms with E-state index >= 15 is 0 Å². The molecule has 1 fully saturated rings. The Morgan fingerprint density at radius 1 is 1.15 bits per heavy atom. The Kier molecular flexibility index (Phi) is 6.01. The van der Waals surface area contributed by atoms with Gasteiger partial charge in [0.15, 0.2) is 0 Å². The van der Waals surface area contributed by atoms with Crippen LogP contribution in [0.15, 0.2) is 55.1 Å². The summed E-state index contributed by atoms with van der Waals surface area (Å²) in [5.74, 6) is -0.336. The average Bonchev–Trinajstić information content (AvgIpc) is 3.29. The maximum Gasteiger partial charge on any atom is 0.417 e. The lowest BCUT2D eigenvalue weighted by Gasteiger charge is -2.19. The van der Waals surface area contributed by atoms with Crippen LogP contribution in [-0.4, -0.2) is 29.0 Å². The molecule has 3 aromatic rings. The number of hydrogen-bond donors (Lipinski definition) is 1. The van der Waals surface area contributed by atoms with E-state index in [1.54, 1.807) is 24.4 Å². The minimum absolute atomic E-state index is 0.0196. The number of nitriles is 1. The number of hydrogen-bond acceptors (Lipinski definition) is 5. The Morgan fingerprint density at radius 3 is 2.70 bits per heavy atom.